The van der Waals surface area contributed by atoms with Crippen molar-refractivity contribution >= 4 is 40.9 Å². The highest BCUT2D eigenvalue weighted by molar-refractivity contribution is 8.04. The summed E-state index contributed by atoms with van der Waals surface area (Å²) >= 11 is 6.95. The van der Waals surface area contributed by atoms with Crippen molar-refractivity contribution in [1.29, 1.82) is 0 Å². The van der Waals surface area contributed by atoms with E-state index in [1.807, 2.05) is 0 Å². The number of nitrogens with zero attached hydrogens (tertiary/aromatic N) is 1. The van der Waals surface area contributed by atoms with Crippen LogP contribution in [-0.2, 0) is 20.5 Å². The van der Waals surface area contributed by atoms with Gasteiger partial charge >= 0.3 is 6.18 Å². The fraction of sp³-hybridized carbons (Fsp3) is 0.273. The van der Waals surface area contributed by atoms with Crippen LogP contribution in [0, 0.1) is 5.82 Å². The molecule has 2 aromatic carbocycles. The number of halogens is 5. The first-order valence-corrected chi connectivity index (χ1v) is 10.8. The molecule has 1 N–H and O–H groups in total. The average molecular weight is 503 g/mol. The minimum atomic E-state index is -4.62. The normalized spacial score (nSPS) is 14.9. The van der Waals surface area contributed by atoms with E-state index in [0.717, 1.165) is 34.9 Å². The number of thioether (sulfide) groups is 1. The Balaban J connectivity index is 1.83. The molecule has 0 saturated carbocycles. The molecule has 176 valence electrons. The summed E-state index contributed by atoms with van der Waals surface area (Å²) in [6, 6.07) is 8.19. The summed E-state index contributed by atoms with van der Waals surface area (Å²) in [5.74, 6) is -1.47. The van der Waals surface area contributed by atoms with E-state index >= 15 is 0 Å². The minimum Gasteiger partial charge on any atom is -0.476 e. The topological polar surface area (TPSA) is 58.6 Å². The summed E-state index contributed by atoms with van der Waals surface area (Å²) in [4.78, 5) is 28.0. The largest absolute Gasteiger partial charge is 0.476 e. The van der Waals surface area contributed by atoms with Crippen LogP contribution in [0.15, 0.2) is 58.0 Å². The molecule has 0 aromatic heterocycles. The molecule has 11 heteroatoms. The number of allylic oxidation sites excluding steroid dienone is 1. The zero-order valence-corrected chi connectivity index (χ0v) is 19.3. The fourth-order valence-electron chi connectivity index (χ4n) is 2.93. The Hall–Kier alpha value is -2.72. The summed E-state index contributed by atoms with van der Waals surface area (Å²) in [6.45, 7) is 4.17. The first-order chi connectivity index (χ1) is 15.3. The molecule has 0 atom stereocenters. The average Bonchev–Trinajstić information content (AvgIpc) is 2.71. The van der Waals surface area contributed by atoms with Crippen LogP contribution < -0.4 is 5.32 Å². The molecule has 2 aromatic rings. The smallest absolute Gasteiger partial charge is 0.416 e. The molecular formula is C22H19ClF4N2O3S. The second-order valence-corrected chi connectivity index (χ2v) is 9.15. The highest BCUT2D eigenvalue weighted by Gasteiger charge is 2.42. The molecule has 1 aliphatic heterocycles. The molecule has 33 heavy (non-hydrogen) atoms. The van der Waals surface area contributed by atoms with Crippen molar-refractivity contribution in [3.05, 3.63) is 69.5 Å². The second kappa shape index (κ2) is 9.26. The van der Waals surface area contributed by atoms with E-state index in [4.69, 9.17) is 16.3 Å². The van der Waals surface area contributed by atoms with Crippen LogP contribution in [0.2, 0.25) is 5.02 Å². The van der Waals surface area contributed by atoms with Crippen LogP contribution in [0.4, 0.5) is 23.2 Å². The number of amides is 2. The van der Waals surface area contributed by atoms with E-state index in [9.17, 15) is 27.2 Å². The van der Waals surface area contributed by atoms with Gasteiger partial charge in [0.1, 0.15) is 22.0 Å². The maximum atomic E-state index is 13.5. The van der Waals surface area contributed by atoms with Crippen molar-refractivity contribution in [2.75, 3.05) is 12.0 Å². The standard InChI is InChI=1S/C22H19ClF4N2O3S/c1-12-18(33-15-6-4-5-14(24)10-15)19(30)29(11-32-12)21(2,3)20(31)28-17-9-13(22(25,26)27)7-8-16(17)23/h4-10H,11H2,1-3H3,(H,28,31). The van der Waals surface area contributed by atoms with Crippen molar-refractivity contribution in [2.45, 2.75) is 37.4 Å². The van der Waals surface area contributed by atoms with Crippen molar-refractivity contribution in [2.24, 2.45) is 0 Å². The molecule has 0 spiro atoms. The van der Waals surface area contributed by atoms with Gasteiger partial charge in [-0.05, 0) is 57.2 Å². The molecule has 3 rings (SSSR count). The second-order valence-electron chi connectivity index (χ2n) is 7.66. The summed E-state index contributed by atoms with van der Waals surface area (Å²) in [5, 5.41) is 2.28. The van der Waals surface area contributed by atoms with Crippen LogP contribution in [0.5, 0.6) is 0 Å². The van der Waals surface area contributed by atoms with Crippen LogP contribution in [0.1, 0.15) is 26.3 Å². The lowest BCUT2D eigenvalue weighted by molar-refractivity contribution is -0.148. The van der Waals surface area contributed by atoms with Crippen LogP contribution in [0.25, 0.3) is 0 Å². The maximum Gasteiger partial charge on any atom is 0.416 e. The number of anilines is 1. The number of hydrogen-bond donors (Lipinski definition) is 1. The Labute approximate surface area is 196 Å². The van der Waals surface area contributed by atoms with E-state index in [0.29, 0.717) is 10.7 Å². The van der Waals surface area contributed by atoms with Gasteiger partial charge in [0.15, 0.2) is 6.73 Å². The number of benzene rings is 2. The van der Waals surface area contributed by atoms with Crippen LogP contribution in [0.3, 0.4) is 0 Å². The SMILES string of the molecule is CC1=C(Sc2cccc(F)c2)C(=O)N(C(C)(C)C(=O)Nc2cc(C(F)(F)F)ccc2Cl)CO1. The summed E-state index contributed by atoms with van der Waals surface area (Å²) in [7, 11) is 0. The molecule has 1 heterocycles. The molecule has 2 amide bonds. The molecule has 0 radical (unpaired) electrons. The first-order valence-electron chi connectivity index (χ1n) is 9.58. The Morgan fingerprint density at radius 2 is 1.88 bits per heavy atom. The predicted octanol–water partition coefficient (Wildman–Crippen LogP) is 6.06. The Bertz CT molecular complexity index is 1130. The number of carbonyl (C=O) groups excluding carboxylic acids is 2. The van der Waals surface area contributed by atoms with E-state index in [1.165, 1.54) is 32.0 Å². The van der Waals surface area contributed by atoms with Gasteiger partial charge in [0.05, 0.1) is 16.3 Å². The zero-order chi connectivity index (χ0) is 24.6. The third-order valence-electron chi connectivity index (χ3n) is 4.96. The fourth-order valence-corrected chi connectivity index (χ4v) is 4.05. The van der Waals surface area contributed by atoms with E-state index in [1.54, 1.807) is 13.0 Å². The number of hydrogen-bond acceptors (Lipinski definition) is 4. The summed E-state index contributed by atoms with van der Waals surface area (Å²) < 4.78 is 58.2. The van der Waals surface area contributed by atoms with Crippen molar-refractivity contribution in [1.82, 2.24) is 4.90 Å². The lowest BCUT2D eigenvalue weighted by Crippen LogP contribution is -2.57. The molecule has 0 saturated heterocycles. The molecular weight excluding hydrogens is 484 g/mol. The monoisotopic (exact) mass is 502 g/mol. The van der Waals surface area contributed by atoms with Gasteiger partial charge < -0.3 is 10.1 Å². The maximum absolute atomic E-state index is 13.5. The Morgan fingerprint density at radius 1 is 1.18 bits per heavy atom. The third-order valence-corrected chi connectivity index (χ3v) is 6.44. The van der Waals surface area contributed by atoms with Gasteiger partial charge in [-0.1, -0.05) is 29.4 Å². The highest BCUT2D eigenvalue weighted by Crippen LogP contribution is 2.37. The van der Waals surface area contributed by atoms with Crippen molar-refractivity contribution < 1.29 is 31.9 Å². The molecule has 5 nitrogen and oxygen atoms in total. The van der Waals surface area contributed by atoms with Gasteiger partial charge in [0, 0.05) is 4.90 Å². The summed E-state index contributed by atoms with van der Waals surface area (Å²) in [6.07, 6.45) is -4.62. The van der Waals surface area contributed by atoms with E-state index in [2.05, 4.69) is 5.32 Å². The first kappa shape index (κ1) is 24.9. The van der Waals surface area contributed by atoms with Crippen LogP contribution >= 0.6 is 23.4 Å². The number of rotatable bonds is 5. The van der Waals surface area contributed by atoms with Gasteiger partial charge in [-0.3, -0.25) is 14.5 Å². The quantitative estimate of drug-likeness (QED) is 0.505. The molecule has 0 aliphatic carbocycles. The van der Waals surface area contributed by atoms with Crippen LogP contribution in [-0.4, -0.2) is 29.0 Å². The molecule has 0 fully saturated rings. The van der Waals surface area contributed by atoms with Crippen molar-refractivity contribution in [3.8, 4) is 0 Å². The van der Waals surface area contributed by atoms with Gasteiger partial charge in [0.2, 0.25) is 5.91 Å². The van der Waals surface area contributed by atoms with Gasteiger partial charge in [-0.25, -0.2) is 4.39 Å². The third kappa shape index (κ3) is 5.44. The van der Waals surface area contributed by atoms with Gasteiger partial charge in [-0.15, -0.1) is 0 Å². The summed E-state index contributed by atoms with van der Waals surface area (Å²) in [5.41, 5.74) is -2.75. The Kier molecular flexibility index (Phi) is 6.99. The number of nitrogens with one attached hydrogen (secondary N) is 1. The van der Waals surface area contributed by atoms with E-state index in [-0.39, 0.29) is 22.3 Å². The molecule has 0 unspecified atom stereocenters. The minimum absolute atomic E-state index is 0.0912. The number of carbonyl (C=O) groups is 2. The highest BCUT2D eigenvalue weighted by atomic mass is 35.5. The molecule has 1 aliphatic rings. The van der Waals surface area contributed by atoms with E-state index < -0.39 is 34.9 Å². The lowest BCUT2D eigenvalue weighted by atomic mass is 10.0. The van der Waals surface area contributed by atoms with Crippen molar-refractivity contribution in [3.63, 3.8) is 0 Å². The van der Waals surface area contributed by atoms with Gasteiger partial charge in [0.25, 0.3) is 5.91 Å². The number of alkyl halides is 3. The van der Waals surface area contributed by atoms with Gasteiger partial charge in [-0.2, -0.15) is 13.2 Å². The zero-order valence-electron chi connectivity index (χ0n) is 17.7. The number of ether oxygens (including phenoxy) is 1. The Morgan fingerprint density at radius 3 is 2.52 bits per heavy atom. The molecule has 0 bridgehead atoms. The lowest BCUT2D eigenvalue weighted by Gasteiger charge is -2.40. The predicted molar refractivity (Wildman–Crippen MR) is 117 cm³/mol.